The summed E-state index contributed by atoms with van der Waals surface area (Å²) in [6.07, 6.45) is -2.38. The van der Waals surface area contributed by atoms with Crippen molar-refractivity contribution in [2.45, 2.75) is 30.7 Å². The molecule has 74 valence electrons. The highest BCUT2D eigenvalue weighted by Gasteiger charge is 2.57. The number of aliphatic carboxylic acids is 1. The molecule has 0 radical (unpaired) electrons. The van der Waals surface area contributed by atoms with Gasteiger partial charge in [-0.15, -0.1) is 0 Å². The zero-order valence-corrected chi connectivity index (χ0v) is 7.04. The predicted molar refractivity (Wildman–Crippen MR) is 41.0 cm³/mol. The monoisotopic (exact) mass is 191 g/mol. The molecule has 13 heavy (non-hydrogen) atoms. The van der Waals surface area contributed by atoms with Crippen molar-refractivity contribution in [3.05, 3.63) is 0 Å². The second-order valence-corrected chi connectivity index (χ2v) is 3.84. The van der Waals surface area contributed by atoms with E-state index in [0.29, 0.717) is 0 Å². The lowest BCUT2D eigenvalue weighted by molar-refractivity contribution is -0.148. The van der Waals surface area contributed by atoms with E-state index in [4.69, 9.17) is 5.11 Å². The number of alkyl halides is 2. The van der Waals surface area contributed by atoms with Gasteiger partial charge in [-0.2, -0.15) is 0 Å². The summed E-state index contributed by atoms with van der Waals surface area (Å²) >= 11 is 0. The third-order valence-electron chi connectivity index (χ3n) is 2.96. The summed E-state index contributed by atoms with van der Waals surface area (Å²) in [7, 11) is 0. The van der Waals surface area contributed by atoms with Crippen molar-refractivity contribution in [3.63, 3.8) is 0 Å². The SMILES string of the molecule is O=C(O)C12C[C@H](F)CN1C[C@H](F)C2. The van der Waals surface area contributed by atoms with E-state index >= 15 is 0 Å². The van der Waals surface area contributed by atoms with Crippen LogP contribution in [0.5, 0.6) is 0 Å². The van der Waals surface area contributed by atoms with E-state index < -0.39 is 23.9 Å². The van der Waals surface area contributed by atoms with Gasteiger partial charge in [0.15, 0.2) is 0 Å². The number of carboxylic acid groups (broad SMARTS) is 1. The first kappa shape index (κ1) is 8.87. The number of nitrogens with zero attached hydrogens (tertiary/aromatic N) is 1. The van der Waals surface area contributed by atoms with Crippen molar-refractivity contribution < 1.29 is 18.7 Å². The molecular weight excluding hydrogens is 180 g/mol. The van der Waals surface area contributed by atoms with E-state index in [1.807, 2.05) is 0 Å². The fourth-order valence-electron chi connectivity index (χ4n) is 2.42. The van der Waals surface area contributed by atoms with Crippen LogP contribution in [0.15, 0.2) is 0 Å². The first-order chi connectivity index (χ1) is 6.04. The van der Waals surface area contributed by atoms with Gasteiger partial charge < -0.3 is 5.11 Å². The van der Waals surface area contributed by atoms with Gasteiger partial charge in [0.25, 0.3) is 0 Å². The first-order valence-electron chi connectivity index (χ1n) is 4.31. The summed E-state index contributed by atoms with van der Waals surface area (Å²) < 4.78 is 25.9. The molecule has 0 bridgehead atoms. The molecule has 2 saturated heterocycles. The second kappa shape index (κ2) is 2.64. The summed E-state index contributed by atoms with van der Waals surface area (Å²) in [4.78, 5) is 12.3. The molecule has 3 nitrogen and oxygen atoms in total. The topological polar surface area (TPSA) is 40.5 Å². The van der Waals surface area contributed by atoms with Crippen LogP contribution < -0.4 is 0 Å². The standard InChI is InChI=1S/C8H11F2NO2/c9-5-1-8(7(12)13)2-6(10)4-11(8)3-5/h5-6H,1-4H2,(H,12,13)/t5-,6+,8?. The Morgan fingerprint density at radius 1 is 1.31 bits per heavy atom. The molecule has 0 aromatic rings. The molecule has 1 unspecified atom stereocenters. The highest BCUT2D eigenvalue weighted by molar-refractivity contribution is 5.80. The molecule has 2 fully saturated rings. The normalized spacial score (nSPS) is 45.1. The Balaban J connectivity index is 2.26. The Bertz CT molecular complexity index is 232. The van der Waals surface area contributed by atoms with E-state index in [1.165, 1.54) is 4.90 Å². The zero-order valence-electron chi connectivity index (χ0n) is 7.04. The largest absolute Gasteiger partial charge is 0.480 e. The third kappa shape index (κ3) is 1.14. The number of carboxylic acids is 1. The van der Waals surface area contributed by atoms with E-state index in [1.54, 1.807) is 0 Å². The molecule has 0 aromatic carbocycles. The molecule has 1 N–H and O–H groups in total. The average molecular weight is 191 g/mol. The van der Waals surface area contributed by atoms with Gasteiger partial charge in [-0.3, -0.25) is 9.69 Å². The van der Waals surface area contributed by atoms with Crippen molar-refractivity contribution in [1.29, 1.82) is 0 Å². The minimum absolute atomic E-state index is 0.0622. The molecule has 0 saturated carbocycles. The predicted octanol–water partition coefficient (Wildman–Crippen LogP) is 0.595. The van der Waals surface area contributed by atoms with Crippen LogP contribution in [-0.4, -0.2) is 46.9 Å². The maximum absolute atomic E-state index is 12.9. The Labute approximate surface area is 74.3 Å². The number of rotatable bonds is 1. The lowest BCUT2D eigenvalue weighted by Gasteiger charge is -2.25. The molecule has 3 atom stereocenters. The van der Waals surface area contributed by atoms with Gasteiger partial charge in [0.05, 0.1) is 0 Å². The van der Waals surface area contributed by atoms with Gasteiger partial charge in [-0.05, 0) is 0 Å². The molecule has 2 aliphatic heterocycles. The highest BCUT2D eigenvalue weighted by atomic mass is 19.1. The Morgan fingerprint density at radius 3 is 2.08 bits per heavy atom. The Hall–Kier alpha value is -0.710. The van der Waals surface area contributed by atoms with Crippen LogP contribution in [0.25, 0.3) is 0 Å². The third-order valence-corrected chi connectivity index (χ3v) is 2.96. The molecule has 2 aliphatic rings. The van der Waals surface area contributed by atoms with Crippen LogP contribution in [-0.2, 0) is 4.79 Å². The molecule has 0 amide bonds. The number of hydrogen-bond acceptors (Lipinski definition) is 2. The van der Waals surface area contributed by atoms with Crippen LogP contribution in [0, 0.1) is 0 Å². The summed E-state index contributed by atoms with van der Waals surface area (Å²) in [6.45, 7) is 0.124. The van der Waals surface area contributed by atoms with Crippen LogP contribution in [0.3, 0.4) is 0 Å². The average Bonchev–Trinajstić information content (AvgIpc) is 2.40. The Kier molecular flexibility index (Phi) is 1.80. The van der Waals surface area contributed by atoms with Gasteiger partial charge in [0, 0.05) is 25.9 Å². The lowest BCUT2D eigenvalue weighted by atomic mass is 9.93. The fraction of sp³-hybridized carbons (Fsp3) is 0.875. The smallest absolute Gasteiger partial charge is 0.324 e. The minimum Gasteiger partial charge on any atom is -0.480 e. The van der Waals surface area contributed by atoms with Gasteiger partial charge in [-0.1, -0.05) is 0 Å². The summed E-state index contributed by atoms with van der Waals surface area (Å²) in [5.74, 6) is -1.09. The summed E-state index contributed by atoms with van der Waals surface area (Å²) in [5.41, 5.74) is -1.25. The van der Waals surface area contributed by atoms with E-state index in [0.717, 1.165) is 0 Å². The number of fused-ring (bicyclic) bond motifs is 1. The van der Waals surface area contributed by atoms with Crippen LogP contribution in [0.4, 0.5) is 8.78 Å². The van der Waals surface area contributed by atoms with Gasteiger partial charge >= 0.3 is 5.97 Å². The van der Waals surface area contributed by atoms with Gasteiger partial charge in [0.2, 0.25) is 0 Å². The summed E-state index contributed by atoms with van der Waals surface area (Å²) in [6, 6.07) is 0. The fourth-order valence-corrected chi connectivity index (χ4v) is 2.42. The minimum atomic E-state index is -1.25. The Morgan fingerprint density at radius 2 is 1.77 bits per heavy atom. The van der Waals surface area contributed by atoms with E-state index in [-0.39, 0.29) is 25.9 Å². The maximum atomic E-state index is 12.9. The quantitative estimate of drug-likeness (QED) is 0.659. The van der Waals surface area contributed by atoms with Crippen molar-refractivity contribution in [3.8, 4) is 0 Å². The maximum Gasteiger partial charge on any atom is 0.324 e. The molecule has 2 rings (SSSR count). The van der Waals surface area contributed by atoms with E-state index in [9.17, 15) is 13.6 Å². The summed E-state index contributed by atoms with van der Waals surface area (Å²) in [5, 5.41) is 8.93. The number of carbonyl (C=O) groups is 1. The van der Waals surface area contributed by atoms with E-state index in [2.05, 4.69) is 0 Å². The highest BCUT2D eigenvalue weighted by Crippen LogP contribution is 2.41. The molecule has 0 aromatic heterocycles. The lowest BCUT2D eigenvalue weighted by Crippen LogP contribution is -2.45. The molecule has 2 heterocycles. The van der Waals surface area contributed by atoms with Gasteiger partial charge in [-0.25, -0.2) is 8.78 Å². The molecule has 5 heteroatoms. The van der Waals surface area contributed by atoms with Crippen molar-refractivity contribution in [1.82, 2.24) is 4.90 Å². The van der Waals surface area contributed by atoms with Crippen molar-refractivity contribution in [2.24, 2.45) is 0 Å². The first-order valence-corrected chi connectivity index (χ1v) is 4.31. The van der Waals surface area contributed by atoms with Crippen LogP contribution >= 0.6 is 0 Å². The van der Waals surface area contributed by atoms with Crippen molar-refractivity contribution in [2.75, 3.05) is 13.1 Å². The number of halogens is 2. The van der Waals surface area contributed by atoms with Crippen LogP contribution in [0.2, 0.25) is 0 Å². The number of hydrogen-bond donors (Lipinski definition) is 1. The molecular formula is C8H11F2NO2. The van der Waals surface area contributed by atoms with Gasteiger partial charge in [0.1, 0.15) is 17.9 Å². The zero-order chi connectivity index (χ0) is 9.64. The second-order valence-electron chi connectivity index (χ2n) is 3.84. The molecule has 0 aliphatic carbocycles. The van der Waals surface area contributed by atoms with Crippen molar-refractivity contribution >= 4 is 5.97 Å². The molecule has 0 spiro atoms. The van der Waals surface area contributed by atoms with Crippen LogP contribution in [0.1, 0.15) is 12.8 Å².